The average Bonchev–Trinajstić information content (AvgIpc) is 2.61. The number of aromatic nitrogens is 1. The summed E-state index contributed by atoms with van der Waals surface area (Å²) in [6.07, 6.45) is 1.74. The van der Waals surface area contributed by atoms with Crippen molar-refractivity contribution in [2.24, 2.45) is 0 Å². The van der Waals surface area contributed by atoms with Crippen LogP contribution in [0.4, 0.5) is 5.00 Å². The molecule has 2 N–H and O–H groups in total. The lowest BCUT2D eigenvalue weighted by molar-refractivity contribution is 0.0934. The minimum absolute atomic E-state index is 0.0104. The Labute approximate surface area is 86.9 Å². The SMILES string of the molecule is CCc1nsc2c1C(=O)NC(CC)N2. The van der Waals surface area contributed by atoms with Crippen LogP contribution in [0.1, 0.15) is 36.3 Å². The van der Waals surface area contributed by atoms with Crippen molar-refractivity contribution in [2.45, 2.75) is 32.9 Å². The van der Waals surface area contributed by atoms with Crippen LogP contribution in [0.15, 0.2) is 0 Å². The summed E-state index contributed by atoms with van der Waals surface area (Å²) >= 11 is 1.38. The summed E-state index contributed by atoms with van der Waals surface area (Å²) in [5, 5.41) is 7.07. The van der Waals surface area contributed by atoms with Gasteiger partial charge in [-0.2, -0.15) is 4.37 Å². The second-order valence-corrected chi connectivity index (χ2v) is 4.04. The molecule has 14 heavy (non-hydrogen) atoms. The fourth-order valence-corrected chi connectivity index (χ4v) is 2.44. The predicted molar refractivity (Wildman–Crippen MR) is 56.7 cm³/mol. The third kappa shape index (κ3) is 1.37. The fraction of sp³-hybridized carbons (Fsp3) is 0.556. The van der Waals surface area contributed by atoms with E-state index in [1.807, 2.05) is 13.8 Å². The summed E-state index contributed by atoms with van der Waals surface area (Å²) in [5.74, 6) is 0.0104. The van der Waals surface area contributed by atoms with Crippen molar-refractivity contribution in [3.8, 4) is 0 Å². The summed E-state index contributed by atoms with van der Waals surface area (Å²) in [4.78, 5) is 11.7. The second-order valence-electron chi connectivity index (χ2n) is 3.27. The standard InChI is InChI=1S/C9H13N3OS/c1-3-5-7-8(13)10-6(4-2)11-9(7)14-12-5/h6,11H,3-4H2,1-2H3,(H,10,13). The summed E-state index contributed by atoms with van der Waals surface area (Å²) in [6, 6.07) is 0. The highest BCUT2D eigenvalue weighted by Crippen LogP contribution is 2.28. The molecule has 1 amide bonds. The maximum absolute atomic E-state index is 11.7. The van der Waals surface area contributed by atoms with Gasteiger partial charge in [0.25, 0.3) is 5.91 Å². The topological polar surface area (TPSA) is 54.0 Å². The van der Waals surface area contributed by atoms with Crippen molar-refractivity contribution in [1.82, 2.24) is 9.69 Å². The molecule has 76 valence electrons. The molecule has 0 aliphatic carbocycles. The molecule has 1 unspecified atom stereocenters. The van der Waals surface area contributed by atoms with Gasteiger partial charge in [0.15, 0.2) is 0 Å². The van der Waals surface area contributed by atoms with Gasteiger partial charge in [0, 0.05) is 0 Å². The van der Waals surface area contributed by atoms with Crippen LogP contribution in [-0.2, 0) is 6.42 Å². The Morgan fingerprint density at radius 2 is 2.21 bits per heavy atom. The van der Waals surface area contributed by atoms with Gasteiger partial charge in [0.05, 0.1) is 17.4 Å². The number of aryl methyl sites for hydroxylation is 1. The lowest BCUT2D eigenvalue weighted by atomic mass is 10.1. The minimum atomic E-state index is 0.0104. The van der Waals surface area contributed by atoms with E-state index in [1.54, 1.807) is 0 Å². The summed E-state index contributed by atoms with van der Waals surface area (Å²) in [5.41, 5.74) is 1.63. The molecular formula is C9H13N3OS. The molecule has 2 heterocycles. The van der Waals surface area contributed by atoms with E-state index in [0.717, 1.165) is 29.1 Å². The van der Waals surface area contributed by atoms with Crippen LogP contribution >= 0.6 is 11.5 Å². The van der Waals surface area contributed by atoms with Crippen LogP contribution in [0.25, 0.3) is 0 Å². The number of nitrogens with zero attached hydrogens (tertiary/aromatic N) is 1. The molecule has 0 saturated heterocycles. The number of carbonyl (C=O) groups excluding carboxylic acids is 1. The first-order valence-electron chi connectivity index (χ1n) is 4.82. The van der Waals surface area contributed by atoms with Gasteiger partial charge in [-0.3, -0.25) is 4.79 Å². The normalized spacial score (nSPS) is 19.9. The van der Waals surface area contributed by atoms with Gasteiger partial charge in [-0.1, -0.05) is 13.8 Å². The Balaban J connectivity index is 2.37. The van der Waals surface area contributed by atoms with E-state index in [2.05, 4.69) is 15.0 Å². The van der Waals surface area contributed by atoms with Gasteiger partial charge in [0.1, 0.15) is 5.00 Å². The van der Waals surface area contributed by atoms with Gasteiger partial charge >= 0.3 is 0 Å². The predicted octanol–water partition coefficient (Wildman–Crippen LogP) is 1.60. The molecule has 1 aliphatic heterocycles. The van der Waals surface area contributed by atoms with Crippen molar-refractivity contribution in [2.75, 3.05) is 5.32 Å². The van der Waals surface area contributed by atoms with Crippen LogP contribution in [0.3, 0.4) is 0 Å². The molecule has 4 nitrogen and oxygen atoms in total. The van der Waals surface area contributed by atoms with Crippen LogP contribution in [0.2, 0.25) is 0 Å². The van der Waals surface area contributed by atoms with Gasteiger partial charge in [-0.25, -0.2) is 0 Å². The third-order valence-corrected chi connectivity index (χ3v) is 3.16. The largest absolute Gasteiger partial charge is 0.355 e. The zero-order chi connectivity index (χ0) is 10.1. The number of anilines is 1. The Morgan fingerprint density at radius 1 is 1.43 bits per heavy atom. The van der Waals surface area contributed by atoms with Crippen LogP contribution in [0, 0.1) is 0 Å². The zero-order valence-electron chi connectivity index (χ0n) is 8.26. The Hall–Kier alpha value is -1.10. The highest BCUT2D eigenvalue weighted by molar-refractivity contribution is 7.10. The van der Waals surface area contributed by atoms with Crippen molar-refractivity contribution >= 4 is 22.4 Å². The van der Waals surface area contributed by atoms with Crippen molar-refractivity contribution in [1.29, 1.82) is 0 Å². The maximum Gasteiger partial charge on any atom is 0.257 e. The molecular weight excluding hydrogens is 198 g/mol. The lowest BCUT2D eigenvalue weighted by Gasteiger charge is -2.24. The monoisotopic (exact) mass is 211 g/mol. The first-order valence-corrected chi connectivity index (χ1v) is 5.59. The van der Waals surface area contributed by atoms with E-state index in [0.29, 0.717) is 0 Å². The minimum Gasteiger partial charge on any atom is -0.355 e. The highest BCUT2D eigenvalue weighted by Gasteiger charge is 2.27. The fourth-order valence-electron chi connectivity index (χ4n) is 1.53. The summed E-state index contributed by atoms with van der Waals surface area (Å²) in [7, 11) is 0. The highest BCUT2D eigenvalue weighted by atomic mass is 32.1. The van der Waals surface area contributed by atoms with Crippen LogP contribution < -0.4 is 10.6 Å². The van der Waals surface area contributed by atoms with E-state index in [9.17, 15) is 4.79 Å². The quantitative estimate of drug-likeness (QED) is 0.781. The number of carbonyl (C=O) groups is 1. The molecule has 1 aliphatic rings. The molecule has 2 rings (SSSR count). The van der Waals surface area contributed by atoms with Gasteiger partial charge in [0.2, 0.25) is 0 Å². The molecule has 0 spiro atoms. The van der Waals surface area contributed by atoms with E-state index in [4.69, 9.17) is 0 Å². The number of hydrogen-bond donors (Lipinski definition) is 2. The van der Waals surface area contributed by atoms with Crippen LogP contribution in [-0.4, -0.2) is 16.4 Å². The summed E-state index contributed by atoms with van der Waals surface area (Å²) < 4.78 is 4.25. The smallest absolute Gasteiger partial charge is 0.257 e. The van der Waals surface area contributed by atoms with E-state index in [1.165, 1.54) is 11.5 Å². The maximum atomic E-state index is 11.7. The number of nitrogens with one attached hydrogen (secondary N) is 2. The first-order chi connectivity index (χ1) is 6.76. The Kier molecular flexibility index (Phi) is 2.41. The second kappa shape index (κ2) is 3.57. The Bertz CT molecular complexity index is 361. The number of rotatable bonds is 2. The van der Waals surface area contributed by atoms with E-state index in [-0.39, 0.29) is 12.1 Å². The molecule has 0 saturated carbocycles. The number of hydrogen-bond acceptors (Lipinski definition) is 4. The molecule has 1 aromatic rings. The number of fused-ring (bicyclic) bond motifs is 1. The van der Waals surface area contributed by atoms with Crippen molar-refractivity contribution in [3.05, 3.63) is 11.3 Å². The van der Waals surface area contributed by atoms with Gasteiger partial charge < -0.3 is 10.6 Å². The van der Waals surface area contributed by atoms with Crippen LogP contribution in [0.5, 0.6) is 0 Å². The molecule has 1 aromatic heterocycles. The molecule has 0 fully saturated rings. The molecule has 0 bridgehead atoms. The molecule has 0 aromatic carbocycles. The third-order valence-electron chi connectivity index (χ3n) is 2.34. The van der Waals surface area contributed by atoms with Crippen molar-refractivity contribution < 1.29 is 4.79 Å². The van der Waals surface area contributed by atoms with Gasteiger partial charge in [-0.05, 0) is 24.4 Å². The zero-order valence-corrected chi connectivity index (χ0v) is 9.07. The Morgan fingerprint density at radius 3 is 2.86 bits per heavy atom. The first kappa shape index (κ1) is 9.45. The van der Waals surface area contributed by atoms with E-state index >= 15 is 0 Å². The molecule has 1 atom stereocenters. The number of amides is 1. The molecule has 5 heteroatoms. The lowest BCUT2D eigenvalue weighted by Crippen LogP contribution is -2.44. The average molecular weight is 211 g/mol. The van der Waals surface area contributed by atoms with Gasteiger partial charge in [-0.15, -0.1) is 0 Å². The van der Waals surface area contributed by atoms with Crippen molar-refractivity contribution in [3.63, 3.8) is 0 Å². The summed E-state index contributed by atoms with van der Waals surface area (Å²) in [6.45, 7) is 4.04. The van der Waals surface area contributed by atoms with E-state index < -0.39 is 0 Å². The molecule has 0 radical (unpaired) electrons.